The zero-order valence-electron chi connectivity index (χ0n) is 14.3. The number of likely N-dealkylation sites (tertiary alicyclic amines) is 1. The van der Waals surface area contributed by atoms with Crippen LogP contribution in [0.5, 0.6) is 0 Å². The van der Waals surface area contributed by atoms with Gasteiger partial charge in [-0.2, -0.15) is 0 Å². The van der Waals surface area contributed by atoms with Crippen molar-refractivity contribution in [2.75, 3.05) is 13.1 Å². The molecule has 3 rings (SSSR count). The van der Waals surface area contributed by atoms with E-state index in [-0.39, 0.29) is 29.2 Å². The molecule has 1 aromatic carbocycles. The number of nitrogens with zero attached hydrogens (tertiary/aromatic N) is 1. The number of amides is 1. The molecule has 2 aliphatic rings. The largest absolute Gasteiger partial charge is 0.341 e. The number of hydrogen-bond acceptors (Lipinski definition) is 3. The first-order valence-corrected chi connectivity index (χ1v) is 10.6. The third-order valence-corrected chi connectivity index (χ3v) is 6.49. The molecule has 1 heterocycles. The van der Waals surface area contributed by atoms with Gasteiger partial charge in [-0.05, 0) is 25.3 Å². The lowest BCUT2D eigenvalue weighted by Crippen LogP contribution is -2.40. The van der Waals surface area contributed by atoms with Crippen LogP contribution in [0.15, 0.2) is 24.3 Å². The Morgan fingerprint density at radius 2 is 1.88 bits per heavy atom. The van der Waals surface area contributed by atoms with E-state index in [1.807, 2.05) is 0 Å². The van der Waals surface area contributed by atoms with Gasteiger partial charge in [-0.1, -0.05) is 37.5 Å². The van der Waals surface area contributed by atoms with Crippen molar-refractivity contribution in [3.05, 3.63) is 35.6 Å². The van der Waals surface area contributed by atoms with Crippen molar-refractivity contribution in [2.24, 2.45) is 5.92 Å². The summed E-state index contributed by atoms with van der Waals surface area (Å²) < 4.78 is 40.9. The van der Waals surface area contributed by atoms with Gasteiger partial charge in [-0.25, -0.2) is 17.5 Å². The highest BCUT2D eigenvalue weighted by Gasteiger charge is 2.33. The van der Waals surface area contributed by atoms with Crippen LogP contribution in [0.3, 0.4) is 0 Å². The molecule has 7 heteroatoms. The maximum absolute atomic E-state index is 13.7. The maximum Gasteiger partial charge on any atom is 0.225 e. The highest BCUT2D eigenvalue weighted by molar-refractivity contribution is 7.88. The van der Waals surface area contributed by atoms with Gasteiger partial charge in [0.25, 0.3) is 0 Å². The minimum Gasteiger partial charge on any atom is -0.341 e. The van der Waals surface area contributed by atoms with Crippen molar-refractivity contribution in [3.63, 3.8) is 0 Å². The van der Waals surface area contributed by atoms with E-state index in [4.69, 9.17) is 0 Å². The molecule has 138 valence electrons. The molecule has 1 saturated heterocycles. The Morgan fingerprint density at radius 1 is 1.16 bits per heavy atom. The number of nitrogens with one attached hydrogen (secondary N) is 1. The third-order valence-electron chi connectivity index (χ3n) is 5.10. The lowest BCUT2D eigenvalue weighted by atomic mass is 9.88. The Morgan fingerprint density at radius 3 is 2.60 bits per heavy atom. The average Bonchev–Trinajstić information content (AvgIpc) is 3.04. The standard InChI is InChI=1S/C18H25FN2O3S/c19-17-9-5-4-8-15(17)13-25(23,24)20-16-10-11-21(12-16)18(22)14-6-2-1-3-7-14/h4-5,8-9,14,16,20H,1-3,6-7,10-13H2. The second-order valence-corrected chi connectivity index (χ2v) is 8.83. The number of carbonyl (C=O) groups is 1. The molecule has 1 atom stereocenters. The van der Waals surface area contributed by atoms with E-state index in [2.05, 4.69) is 4.72 Å². The summed E-state index contributed by atoms with van der Waals surface area (Å²) in [7, 11) is -3.64. The minimum atomic E-state index is -3.64. The summed E-state index contributed by atoms with van der Waals surface area (Å²) in [6.45, 7) is 0.994. The fraction of sp³-hybridized carbons (Fsp3) is 0.611. The highest BCUT2D eigenvalue weighted by atomic mass is 32.2. The minimum absolute atomic E-state index is 0.0996. The highest BCUT2D eigenvalue weighted by Crippen LogP contribution is 2.27. The van der Waals surface area contributed by atoms with E-state index in [0.29, 0.717) is 19.5 Å². The summed E-state index contributed by atoms with van der Waals surface area (Å²) in [6.07, 6.45) is 5.89. The number of benzene rings is 1. The Bertz CT molecular complexity index is 717. The summed E-state index contributed by atoms with van der Waals surface area (Å²) in [5, 5.41) is 0. The van der Waals surface area contributed by atoms with Crippen LogP contribution in [0, 0.1) is 11.7 Å². The monoisotopic (exact) mass is 368 g/mol. The molecule has 5 nitrogen and oxygen atoms in total. The summed E-state index contributed by atoms with van der Waals surface area (Å²) in [5.41, 5.74) is 0.156. The van der Waals surface area contributed by atoms with Crippen LogP contribution in [-0.4, -0.2) is 38.4 Å². The van der Waals surface area contributed by atoms with Crippen molar-refractivity contribution in [1.29, 1.82) is 0 Å². The number of sulfonamides is 1. The predicted molar refractivity (Wildman–Crippen MR) is 93.7 cm³/mol. The Hall–Kier alpha value is -1.47. The molecule has 1 aliphatic carbocycles. The fourth-order valence-electron chi connectivity index (χ4n) is 3.78. The second-order valence-electron chi connectivity index (χ2n) is 7.07. The molecule has 1 aliphatic heterocycles. The molecular weight excluding hydrogens is 343 g/mol. The van der Waals surface area contributed by atoms with Crippen LogP contribution in [0.25, 0.3) is 0 Å². The molecule has 1 aromatic rings. The van der Waals surface area contributed by atoms with Crippen molar-refractivity contribution >= 4 is 15.9 Å². The molecule has 1 amide bonds. The lowest BCUT2D eigenvalue weighted by Gasteiger charge is -2.26. The SMILES string of the molecule is O=C(C1CCCCC1)N1CCC(NS(=O)(=O)Cc2ccccc2F)C1. The zero-order valence-corrected chi connectivity index (χ0v) is 15.1. The normalized spacial score (nSPS) is 22.3. The number of halogens is 1. The first-order chi connectivity index (χ1) is 11.9. The molecular formula is C18H25FN2O3S. The van der Waals surface area contributed by atoms with Crippen LogP contribution >= 0.6 is 0 Å². The average molecular weight is 368 g/mol. The number of carbonyl (C=O) groups excluding carboxylic acids is 1. The van der Waals surface area contributed by atoms with Gasteiger partial charge in [-0.3, -0.25) is 4.79 Å². The van der Waals surface area contributed by atoms with Crippen molar-refractivity contribution in [2.45, 2.75) is 50.3 Å². The molecule has 0 bridgehead atoms. The maximum atomic E-state index is 13.7. The Labute approximate surface area is 148 Å². The van der Waals surface area contributed by atoms with Gasteiger partial charge in [0, 0.05) is 30.6 Å². The number of rotatable bonds is 5. The van der Waals surface area contributed by atoms with Crippen LogP contribution in [0.4, 0.5) is 4.39 Å². The topological polar surface area (TPSA) is 66.5 Å². The molecule has 0 radical (unpaired) electrons. The molecule has 1 unspecified atom stereocenters. The van der Waals surface area contributed by atoms with Crippen molar-refractivity contribution < 1.29 is 17.6 Å². The zero-order chi connectivity index (χ0) is 17.9. The van der Waals surface area contributed by atoms with Gasteiger partial charge in [0.2, 0.25) is 15.9 Å². The van der Waals surface area contributed by atoms with Crippen LogP contribution in [-0.2, 0) is 20.6 Å². The van der Waals surface area contributed by atoms with Gasteiger partial charge >= 0.3 is 0 Å². The van der Waals surface area contributed by atoms with Gasteiger partial charge < -0.3 is 4.90 Å². The summed E-state index contributed by atoms with van der Waals surface area (Å²) in [6, 6.07) is 5.59. The second kappa shape index (κ2) is 7.83. The predicted octanol–water partition coefficient (Wildman–Crippen LogP) is 2.43. The van der Waals surface area contributed by atoms with E-state index in [1.54, 1.807) is 11.0 Å². The first kappa shape index (κ1) is 18.3. The van der Waals surface area contributed by atoms with Crippen molar-refractivity contribution in [1.82, 2.24) is 9.62 Å². The third kappa shape index (κ3) is 4.79. The summed E-state index contributed by atoms with van der Waals surface area (Å²) in [5.74, 6) is -0.640. The quantitative estimate of drug-likeness (QED) is 0.868. The van der Waals surface area contributed by atoms with Gasteiger partial charge in [0.1, 0.15) is 5.82 Å². The van der Waals surface area contributed by atoms with E-state index >= 15 is 0 Å². The van der Waals surface area contributed by atoms with Crippen LogP contribution < -0.4 is 4.72 Å². The summed E-state index contributed by atoms with van der Waals surface area (Å²) in [4.78, 5) is 14.3. The first-order valence-electron chi connectivity index (χ1n) is 8.97. The van der Waals surface area contributed by atoms with Crippen LogP contribution in [0.2, 0.25) is 0 Å². The molecule has 1 saturated carbocycles. The smallest absolute Gasteiger partial charge is 0.225 e. The Kier molecular flexibility index (Phi) is 5.74. The summed E-state index contributed by atoms with van der Waals surface area (Å²) >= 11 is 0. The van der Waals surface area contributed by atoms with Gasteiger partial charge in [0.15, 0.2) is 0 Å². The molecule has 2 fully saturated rings. The lowest BCUT2D eigenvalue weighted by molar-refractivity contribution is -0.135. The molecule has 0 spiro atoms. The van der Waals surface area contributed by atoms with E-state index in [0.717, 1.165) is 25.7 Å². The van der Waals surface area contributed by atoms with E-state index in [1.165, 1.54) is 24.6 Å². The fourth-order valence-corrected chi connectivity index (χ4v) is 5.21. The molecule has 1 N–H and O–H groups in total. The molecule has 25 heavy (non-hydrogen) atoms. The molecule has 0 aromatic heterocycles. The Balaban J connectivity index is 1.55. The van der Waals surface area contributed by atoms with Gasteiger partial charge in [-0.15, -0.1) is 0 Å². The van der Waals surface area contributed by atoms with Crippen LogP contribution in [0.1, 0.15) is 44.1 Å². The van der Waals surface area contributed by atoms with Crippen molar-refractivity contribution in [3.8, 4) is 0 Å². The van der Waals surface area contributed by atoms with E-state index in [9.17, 15) is 17.6 Å². The number of hydrogen-bond donors (Lipinski definition) is 1. The van der Waals surface area contributed by atoms with E-state index < -0.39 is 15.8 Å². The van der Waals surface area contributed by atoms with Gasteiger partial charge in [0.05, 0.1) is 5.75 Å².